The Kier molecular flexibility index (Phi) is 9.62. The zero-order valence-corrected chi connectivity index (χ0v) is 27.9. The molecular weight excluding hydrogens is 494 g/mol. The van der Waals surface area contributed by atoms with Crippen molar-refractivity contribution in [3.8, 4) is 11.5 Å². The monoisotopic (exact) mass is 551 g/mol. The Bertz CT molecular complexity index is 1140. The first kappa shape index (κ1) is 33.7. The summed E-state index contributed by atoms with van der Waals surface area (Å²) in [6.45, 7) is 30.4. The van der Waals surface area contributed by atoms with Crippen molar-refractivity contribution in [3.63, 3.8) is 0 Å². The Hall–Kier alpha value is -2.49. The van der Waals surface area contributed by atoms with Gasteiger partial charge in [0.2, 0.25) is 5.91 Å². The lowest BCUT2D eigenvalue weighted by molar-refractivity contribution is -0.121. The van der Waals surface area contributed by atoms with Crippen LogP contribution < -0.4 is 5.32 Å². The minimum Gasteiger partial charge on any atom is -0.507 e. The molecule has 0 atom stereocenters. The fourth-order valence-corrected chi connectivity index (χ4v) is 5.22. The van der Waals surface area contributed by atoms with Crippen LogP contribution >= 0.6 is 0 Å². The predicted octanol–water partition coefficient (Wildman–Crippen LogP) is 8.61. The molecule has 3 N–H and O–H groups in total. The maximum absolute atomic E-state index is 13.0. The van der Waals surface area contributed by atoms with E-state index in [1.54, 1.807) is 0 Å². The molecule has 0 aliphatic carbocycles. The minimum absolute atomic E-state index is 0.0345. The van der Waals surface area contributed by atoms with Crippen LogP contribution in [0.3, 0.4) is 0 Å². The van der Waals surface area contributed by atoms with Gasteiger partial charge in [-0.3, -0.25) is 4.79 Å². The standard InChI is InChI=1S/C36H57NO3/c1-32(2,3)25-17-23(18-26(30(25)39)33(4,5)6)15-16-29(38)37-22-36(13,14)21-24-19-27(34(7,8)9)31(40)28(20-24)35(10,11)12/h17-20,39-40H,15-16,21-22H2,1-14H3,(H,37,38). The first-order valence-corrected chi connectivity index (χ1v) is 14.8. The number of rotatable bonds is 7. The molecule has 0 saturated carbocycles. The van der Waals surface area contributed by atoms with E-state index in [1.165, 1.54) is 5.56 Å². The van der Waals surface area contributed by atoms with Crippen molar-refractivity contribution in [2.45, 2.75) is 138 Å². The Morgan fingerprint density at radius 3 is 1.25 bits per heavy atom. The minimum atomic E-state index is -0.194. The van der Waals surface area contributed by atoms with E-state index in [2.05, 4.69) is 127 Å². The Balaban J connectivity index is 2.18. The highest BCUT2D eigenvalue weighted by molar-refractivity contribution is 5.76. The lowest BCUT2D eigenvalue weighted by Crippen LogP contribution is -2.35. The number of amides is 1. The summed E-state index contributed by atoms with van der Waals surface area (Å²) in [5.74, 6) is 0.800. The van der Waals surface area contributed by atoms with Gasteiger partial charge < -0.3 is 15.5 Å². The second-order valence-electron chi connectivity index (χ2n) is 16.7. The number of aryl methyl sites for hydroxylation is 1. The molecule has 0 aliphatic heterocycles. The molecule has 0 radical (unpaired) electrons. The van der Waals surface area contributed by atoms with Crippen LogP contribution in [0.5, 0.6) is 11.5 Å². The third kappa shape index (κ3) is 8.75. The average Bonchev–Trinajstić information content (AvgIpc) is 2.74. The van der Waals surface area contributed by atoms with E-state index in [4.69, 9.17) is 0 Å². The molecular formula is C36H57NO3. The van der Waals surface area contributed by atoms with Crippen LogP contribution in [0, 0.1) is 5.41 Å². The van der Waals surface area contributed by atoms with Crippen molar-refractivity contribution in [3.05, 3.63) is 57.6 Å². The van der Waals surface area contributed by atoms with E-state index < -0.39 is 0 Å². The molecule has 2 rings (SSSR count). The van der Waals surface area contributed by atoms with Gasteiger partial charge in [-0.1, -0.05) is 121 Å². The topological polar surface area (TPSA) is 69.6 Å². The number of carbonyl (C=O) groups excluding carboxylic acids is 1. The molecule has 0 saturated heterocycles. The van der Waals surface area contributed by atoms with Gasteiger partial charge in [0.25, 0.3) is 0 Å². The molecule has 0 bridgehead atoms. The average molecular weight is 552 g/mol. The SMILES string of the molecule is CC(C)(CNC(=O)CCc1cc(C(C)(C)C)c(O)c(C(C)(C)C)c1)Cc1cc(C(C)(C)C)c(O)c(C(C)(C)C)c1. The number of nitrogens with one attached hydrogen (secondary N) is 1. The molecule has 2 aromatic carbocycles. The van der Waals surface area contributed by atoms with Crippen molar-refractivity contribution in [2.24, 2.45) is 5.41 Å². The van der Waals surface area contributed by atoms with E-state index in [1.807, 2.05) is 0 Å². The van der Waals surface area contributed by atoms with Gasteiger partial charge in [0.1, 0.15) is 11.5 Å². The smallest absolute Gasteiger partial charge is 0.220 e. The van der Waals surface area contributed by atoms with Gasteiger partial charge in [0.15, 0.2) is 0 Å². The largest absolute Gasteiger partial charge is 0.507 e. The van der Waals surface area contributed by atoms with Gasteiger partial charge in [0, 0.05) is 13.0 Å². The fraction of sp³-hybridized carbons (Fsp3) is 0.639. The van der Waals surface area contributed by atoms with Gasteiger partial charge in [-0.05, 0) is 73.3 Å². The summed E-state index contributed by atoms with van der Waals surface area (Å²) in [6, 6.07) is 8.40. The molecule has 224 valence electrons. The third-order valence-corrected chi connectivity index (χ3v) is 7.66. The zero-order chi connectivity index (χ0) is 31.1. The second-order valence-corrected chi connectivity index (χ2v) is 16.7. The van der Waals surface area contributed by atoms with E-state index in [0.29, 0.717) is 30.9 Å². The van der Waals surface area contributed by atoms with Gasteiger partial charge in [-0.15, -0.1) is 0 Å². The molecule has 2 aromatic rings. The van der Waals surface area contributed by atoms with Crippen LogP contribution in [0.2, 0.25) is 0 Å². The Labute approximate surface area is 245 Å². The molecule has 0 heterocycles. The molecule has 40 heavy (non-hydrogen) atoms. The quantitative estimate of drug-likeness (QED) is 0.323. The Morgan fingerprint density at radius 2 is 0.925 bits per heavy atom. The lowest BCUT2D eigenvalue weighted by atomic mass is 9.76. The van der Waals surface area contributed by atoms with Crippen LogP contribution in [0.25, 0.3) is 0 Å². The highest BCUT2D eigenvalue weighted by atomic mass is 16.3. The predicted molar refractivity (Wildman–Crippen MR) is 170 cm³/mol. The summed E-state index contributed by atoms with van der Waals surface area (Å²) in [5, 5.41) is 25.3. The van der Waals surface area contributed by atoms with E-state index in [0.717, 1.165) is 34.2 Å². The first-order chi connectivity index (χ1) is 17.8. The van der Waals surface area contributed by atoms with Crippen LogP contribution in [0.1, 0.15) is 137 Å². The molecule has 4 nitrogen and oxygen atoms in total. The molecule has 0 aromatic heterocycles. The van der Waals surface area contributed by atoms with Crippen molar-refractivity contribution < 1.29 is 15.0 Å². The molecule has 0 unspecified atom stereocenters. The summed E-state index contributed by atoms with van der Waals surface area (Å²) < 4.78 is 0. The fourth-order valence-electron chi connectivity index (χ4n) is 5.22. The number of hydrogen-bond donors (Lipinski definition) is 3. The van der Waals surface area contributed by atoms with Crippen LogP contribution in [0.15, 0.2) is 24.3 Å². The zero-order valence-electron chi connectivity index (χ0n) is 27.9. The number of phenols is 2. The highest BCUT2D eigenvalue weighted by Gasteiger charge is 2.29. The van der Waals surface area contributed by atoms with Gasteiger partial charge in [-0.2, -0.15) is 0 Å². The van der Waals surface area contributed by atoms with E-state index in [-0.39, 0.29) is 33.0 Å². The molecule has 0 fully saturated rings. The molecule has 1 amide bonds. The number of hydrogen-bond acceptors (Lipinski definition) is 3. The van der Waals surface area contributed by atoms with E-state index in [9.17, 15) is 15.0 Å². The van der Waals surface area contributed by atoms with Crippen LogP contribution in [0.4, 0.5) is 0 Å². The summed E-state index contributed by atoms with van der Waals surface area (Å²) in [7, 11) is 0. The van der Waals surface area contributed by atoms with Gasteiger partial charge >= 0.3 is 0 Å². The number of aromatic hydroxyl groups is 2. The number of benzene rings is 2. The maximum atomic E-state index is 13.0. The summed E-state index contributed by atoms with van der Waals surface area (Å²) in [6.07, 6.45) is 1.82. The molecule has 4 heteroatoms. The normalized spacial score (nSPS) is 13.4. The summed E-state index contributed by atoms with van der Waals surface area (Å²) >= 11 is 0. The highest BCUT2D eigenvalue weighted by Crippen LogP contribution is 2.42. The van der Waals surface area contributed by atoms with Crippen molar-refractivity contribution in [1.29, 1.82) is 0 Å². The van der Waals surface area contributed by atoms with E-state index >= 15 is 0 Å². The summed E-state index contributed by atoms with van der Waals surface area (Å²) in [5.41, 5.74) is 5.15. The second kappa shape index (κ2) is 11.4. The van der Waals surface area contributed by atoms with Crippen molar-refractivity contribution in [1.82, 2.24) is 5.32 Å². The van der Waals surface area contributed by atoms with Gasteiger partial charge in [0.05, 0.1) is 0 Å². The van der Waals surface area contributed by atoms with Gasteiger partial charge in [-0.25, -0.2) is 0 Å². The van der Waals surface area contributed by atoms with Crippen molar-refractivity contribution >= 4 is 5.91 Å². The summed E-state index contributed by atoms with van der Waals surface area (Å²) in [4.78, 5) is 13.0. The third-order valence-electron chi connectivity index (χ3n) is 7.66. The molecule has 0 spiro atoms. The lowest BCUT2D eigenvalue weighted by Gasteiger charge is -2.31. The Morgan fingerprint density at radius 1 is 0.600 bits per heavy atom. The maximum Gasteiger partial charge on any atom is 0.220 e. The van der Waals surface area contributed by atoms with Crippen molar-refractivity contribution in [2.75, 3.05) is 6.54 Å². The number of carbonyl (C=O) groups is 1. The van der Waals surface area contributed by atoms with Crippen LogP contribution in [-0.2, 0) is 39.3 Å². The first-order valence-electron chi connectivity index (χ1n) is 14.8. The number of phenolic OH excluding ortho intramolecular Hbond substituents is 2. The molecule has 0 aliphatic rings. The van der Waals surface area contributed by atoms with Crippen LogP contribution in [-0.4, -0.2) is 22.7 Å².